The molecule has 5 nitrogen and oxygen atoms in total. The van der Waals surface area contributed by atoms with Crippen LogP contribution in [0.15, 0.2) is 24.3 Å². The third-order valence-electron chi connectivity index (χ3n) is 2.73. The van der Waals surface area contributed by atoms with Crippen molar-refractivity contribution < 1.29 is 14.3 Å². The summed E-state index contributed by atoms with van der Waals surface area (Å²) in [6.45, 7) is 1.95. The van der Waals surface area contributed by atoms with Gasteiger partial charge in [-0.15, -0.1) is 0 Å². The highest BCUT2D eigenvalue weighted by Crippen LogP contribution is 2.19. The van der Waals surface area contributed by atoms with E-state index in [1.54, 1.807) is 19.0 Å². The lowest BCUT2D eigenvalue weighted by Gasteiger charge is -2.11. The fraction of sp³-hybridized carbons (Fsp3) is 0.533. The number of benzene rings is 1. The zero-order valence-corrected chi connectivity index (χ0v) is 12.5. The predicted octanol–water partition coefficient (Wildman–Crippen LogP) is 1.53. The molecule has 0 spiro atoms. The number of likely N-dealkylation sites (N-methyl/N-ethyl adjacent to an activating group) is 1. The number of nitrogens with one attached hydrogen (secondary N) is 1. The van der Waals surface area contributed by atoms with Gasteiger partial charge in [0.15, 0.2) is 0 Å². The molecule has 0 aliphatic carbocycles. The maximum atomic E-state index is 11.4. The van der Waals surface area contributed by atoms with E-state index in [-0.39, 0.29) is 5.91 Å². The van der Waals surface area contributed by atoms with Crippen LogP contribution in [-0.2, 0) is 4.79 Å². The number of amides is 1. The van der Waals surface area contributed by atoms with Crippen molar-refractivity contribution >= 4 is 5.91 Å². The Bertz CT molecular complexity index is 408. The quantitative estimate of drug-likeness (QED) is 0.697. The van der Waals surface area contributed by atoms with E-state index in [1.165, 1.54) is 0 Å². The summed E-state index contributed by atoms with van der Waals surface area (Å²) in [5, 5.41) is 3.02. The van der Waals surface area contributed by atoms with Gasteiger partial charge in [0.05, 0.1) is 6.61 Å². The van der Waals surface area contributed by atoms with Gasteiger partial charge in [0.25, 0.3) is 0 Å². The molecule has 0 unspecified atom stereocenters. The fourth-order valence-corrected chi connectivity index (χ4v) is 1.56. The molecular formula is C15H24N2O3. The maximum absolute atomic E-state index is 11.4. The Kier molecular flexibility index (Phi) is 7.50. The maximum Gasteiger partial charge on any atom is 0.222 e. The van der Waals surface area contributed by atoms with Gasteiger partial charge in [0.1, 0.15) is 18.1 Å². The van der Waals surface area contributed by atoms with Crippen LogP contribution >= 0.6 is 0 Å². The fourth-order valence-electron chi connectivity index (χ4n) is 1.56. The Morgan fingerprint density at radius 3 is 2.45 bits per heavy atom. The summed E-state index contributed by atoms with van der Waals surface area (Å²) >= 11 is 0. The van der Waals surface area contributed by atoms with Gasteiger partial charge < -0.3 is 19.7 Å². The summed E-state index contributed by atoms with van der Waals surface area (Å²) in [6.07, 6.45) is 1.22. The molecular weight excluding hydrogens is 256 g/mol. The van der Waals surface area contributed by atoms with Crippen LogP contribution in [0.5, 0.6) is 11.5 Å². The second-order valence-corrected chi connectivity index (χ2v) is 4.67. The molecule has 20 heavy (non-hydrogen) atoms. The van der Waals surface area contributed by atoms with Crippen molar-refractivity contribution in [2.75, 3.05) is 40.9 Å². The Hall–Kier alpha value is -1.75. The first-order valence-electron chi connectivity index (χ1n) is 6.84. The third kappa shape index (κ3) is 6.43. The minimum atomic E-state index is 0.123. The number of hydrogen-bond acceptors (Lipinski definition) is 4. The second kappa shape index (κ2) is 9.20. The molecule has 1 N–H and O–H groups in total. The van der Waals surface area contributed by atoms with E-state index in [0.717, 1.165) is 18.0 Å². The summed E-state index contributed by atoms with van der Waals surface area (Å²) in [6, 6.07) is 7.55. The molecule has 0 radical (unpaired) electrons. The lowest BCUT2D eigenvalue weighted by molar-refractivity contribution is -0.128. The van der Waals surface area contributed by atoms with E-state index in [2.05, 4.69) is 5.32 Å². The molecule has 0 fully saturated rings. The van der Waals surface area contributed by atoms with Gasteiger partial charge >= 0.3 is 0 Å². The zero-order valence-electron chi connectivity index (χ0n) is 12.5. The molecule has 1 aromatic rings. The molecule has 1 aromatic carbocycles. The predicted molar refractivity (Wildman–Crippen MR) is 79.3 cm³/mol. The highest BCUT2D eigenvalue weighted by atomic mass is 16.5. The van der Waals surface area contributed by atoms with Crippen molar-refractivity contribution in [3.63, 3.8) is 0 Å². The molecule has 0 atom stereocenters. The highest BCUT2D eigenvalue weighted by molar-refractivity contribution is 5.75. The zero-order chi connectivity index (χ0) is 14.8. The van der Waals surface area contributed by atoms with Crippen molar-refractivity contribution in [2.45, 2.75) is 12.8 Å². The summed E-state index contributed by atoms with van der Waals surface area (Å²) in [5.74, 6) is 1.68. The van der Waals surface area contributed by atoms with Gasteiger partial charge in [-0.05, 0) is 25.6 Å². The number of ether oxygens (including phenoxy) is 2. The van der Waals surface area contributed by atoms with Gasteiger partial charge in [-0.2, -0.15) is 0 Å². The molecule has 1 rings (SSSR count). The normalized spacial score (nSPS) is 10.2. The van der Waals surface area contributed by atoms with Gasteiger partial charge in [-0.25, -0.2) is 0 Å². The van der Waals surface area contributed by atoms with Crippen LogP contribution in [0.1, 0.15) is 12.8 Å². The SMILES string of the molecule is CNCCOc1cccc(OCCCC(=O)N(C)C)c1. The average Bonchev–Trinajstić information content (AvgIpc) is 2.44. The van der Waals surface area contributed by atoms with E-state index in [4.69, 9.17) is 9.47 Å². The van der Waals surface area contributed by atoms with Crippen molar-refractivity contribution in [1.82, 2.24) is 10.2 Å². The molecule has 112 valence electrons. The summed E-state index contributed by atoms with van der Waals surface area (Å²) in [4.78, 5) is 13.0. The molecule has 0 saturated carbocycles. The van der Waals surface area contributed by atoms with E-state index in [9.17, 15) is 4.79 Å². The topological polar surface area (TPSA) is 50.8 Å². The Morgan fingerprint density at radius 2 is 1.85 bits per heavy atom. The Balaban J connectivity index is 2.29. The highest BCUT2D eigenvalue weighted by Gasteiger charge is 2.03. The van der Waals surface area contributed by atoms with Crippen LogP contribution in [0.2, 0.25) is 0 Å². The third-order valence-corrected chi connectivity index (χ3v) is 2.73. The Morgan fingerprint density at radius 1 is 1.20 bits per heavy atom. The van der Waals surface area contributed by atoms with Crippen molar-refractivity contribution in [1.29, 1.82) is 0 Å². The monoisotopic (exact) mass is 280 g/mol. The van der Waals surface area contributed by atoms with Crippen LogP contribution in [-0.4, -0.2) is 51.7 Å². The van der Waals surface area contributed by atoms with Crippen LogP contribution in [0.3, 0.4) is 0 Å². The first-order chi connectivity index (χ1) is 9.63. The molecule has 0 bridgehead atoms. The first kappa shape index (κ1) is 16.3. The number of nitrogens with zero attached hydrogens (tertiary/aromatic N) is 1. The molecule has 0 aliphatic rings. The van der Waals surface area contributed by atoms with E-state index >= 15 is 0 Å². The molecule has 0 aliphatic heterocycles. The minimum Gasteiger partial charge on any atom is -0.493 e. The summed E-state index contributed by atoms with van der Waals surface area (Å²) in [5.41, 5.74) is 0. The number of hydrogen-bond donors (Lipinski definition) is 1. The molecule has 0 aromatic heterocycles. The number of rotatable bonds is 9. The lowest BCUT2D eigenvalue weighted by atomic mass is 10.3. The molecule has 5 heteroatoms. The van der Waals surface area contributed by atoms with Crippen molar-refractivity contribution in [3.05, 3.63) is 24.3 Å². The van der Waals surface area contributed by atoms with Crippen LogP contribution < -0.4 is 14.8 Å². The van der Waals surface area contributed by atoms with E-state index in [1.807, 2.05) is 31.3 Å². The number of carbonyl (C=O) groups is 1. The second-order valence-electron chi connectivity index (χ2n) is 4.67. The molecule has 0 saturated heterocycles. The van der Waals surface area contributed by atoms with Crippen molar-refractivity contribution in [2.24, 2.45) is 0 Å². The average molecular weight is 280 g/mol. The van der Waals surface area contributed by atoms with Gasteiger partial charge in [0.2, 0.25) is 5.91 Å². The minimum absolute atomic E-state index is 0.123. The van der Waals surface area contributed by atoms with E-state index in [0.29, 0.717) is 26.1 Å². The smallest absolute Gasteiger partial charge is 0.222 e. The van der Waals surface area contributed by atoms with Crippen LogP contribution in [0.4, 0.5) is 0 Å². The lowest BCUT2D eigenvalue weighted by Crippen LogP contribution is -2.21. The summed E-state index contributed by atoms with van der Waals surface area (Å²) in [7, 11) is 5.40. The molecule has 0 heterocycles. The van der Waals surface area contributed by atoms with Gasteiger partial charge in [-0.3, -0.25) is 4.79 Å². The summed E-state index contributed by atoms with van der Waals surface area (Å²) < 4.78 is 11.2. The van der Waals surface area contributed by atoms with Crippen LogP contribution in [0, 0.1) is 0 Å². The largest absolute Gasteiger partial charge is 0.493 e. The number of carbonyl (C=O) groups excluding carboxylic acids is 1. The molecule has 1 amide bonds. The van der Waals surface area contributed by atoms with Crippen molar-refractivity contribution in [3.8, 4) is 11.5 Å². The standard InChI is InChI=1S/C15H24N2O3/c1-16-9-11-20-14-7-4-6-13(12-14)19-10-5-8-15(18)17(2)3/h4,6-7,12,16H,5,8-11H2,1-3H3. The van der Waals surface area contributed by atoms with Crippen LogP contribution in [0.25, 0.3) is 0 Å². The Labute approximate surface area is 120 Å². The van der Waals surface area contributed by atoms with E-state index < -0.39 is 0 Å². The van der Waals surface area contributed by atoms with Gasteiger partial charge in [-0.1, -0.05) is 6.07 Å². The van der Waals surface area contributed by atoms with Gasteiger partial charge in [0, 0.05) is 33.1 Å². The first-order valence-corrected chi connectivity index (χ1v) is 6.84.